The average molecular weight is 438 g/mol. The van der Waals surface area contributed by atoms with E-state index in [0.29, 0.717) is 25.1 Å². The highest BCUT2D eigenvalue weighted by molar-refractivity contribution is 7.91. The molecule has 0 bridgehead atoms. The third-order valence-electron chi connectivity index (χ3n) is 5.48. The molecule has 1 aliphatic heterocycles. The van der Waals surface area contributed by atoms with E-state index in [2.05, 4.69) is 6.92 Å². The second-order valence-corrected chi connectivity index (χ2v) is 10.2. The molecule has 0 radical (unpaired) electrons. The van der Waals surface area contributed by atoms with E-state index in [1.54, 1.807) is 29.2 Å². The molecule has 1 atom stereocenters. The Kier molecular flexibility index (Phi) is 9.82. The Labute approximate surface area is 180 Å². The number of sulfone groups is 1. The lowest BCUT2D eigenvalue weighted by Gasteiger charge is -2.28. The summed E-state index contributed by atoms with van der Waals surface area (Å²) in [5.74, 6) is 0.701. The number of benzene rings is 1. The lowest BCUT2D eigenvalue weighted by molar-refractivity contribution is -0.133. The van der Waals surface area contributed by atoms with E-state index in [1.165, 1.54) is 0 Å². The summed E-state index contributed by atoms with van der Waals surface area (Å²) in [6.45, 7) is 5.40. The van der Waals surface area contributed by atoms with Crippen LogP contribution in [0.5, 0.6) is 5.75 Å². The SMILES string of the molecule is CCCCCOc1ccc(C(=O)CCC(=O)N(CCCC)C2CCS(=O)(=O)C2)cc1. The molecule has 168 valence electrons. The lowest BCUT2D eigenvalue weighted by Crippen LogP contribution is -2.41. The summed E-state index contributed by atoms with van der Waals surface area (Å²) in [7, 11) is -3.06. The smallest absolute Gasteiger partial charge is 0.223 e. The Hall–Kier alpha value is -1.89. The van der Waals surface area contributed by atoms with Crippen LogP contribution in [0.1, 0.15) is 75.6 Å². The fraction of sp³-hybridized carbons (Fsp3) is 0.652. The molecule has 1 aromatic rings. The standard InChI is InChI=1S/C23H35NO5S/c1-3-5-7-16-29-21-10-8-19(9-11-21)22(25)12-13-23(26)24(15-6-4-2)20-14-17-30(27,28)18-20/h8-11,20H,3-7,12-18H2,1-2H3. The van der Waals surface area contributed by atoms with Crippen molar-refractivity contribution < 1.29 is 22.7 Å². The maximum absolute atomic E-state index is 12.8. The van der Waals surface area contributed by atoms with Crippen molar-refractivity contribution in [2.24, 2.45) is 0 Å². The molecule has 30 heavy (non-hydrogen) atoms. The molecule has 2 rings (SSSR count). The van der Waals surface area contributed by atoms with Gasteiger partial charge in [-0.1, -0.05) is 33.1 Å². The molecule has 0 aliphatic carbocycles. The number of ketones is 1. The van der Waals surface area contributed by atoms with Crippen LogP contribution in [0, 0.1) is 0 Å². The van der Waals surface area contributed by atoms with Crippen molar-refractivity contribution in [1.29, 1.82) is 0 Å². The number of unbranched alkanes of at least 4 members (excludes halogenated alkanes) is 3. The number of ether oxygens (including phenoxy) is 1. The fourth-order valence-electron chi connectivity index (χ4n) is 3.65. The van der Waals surface area contributed by atoms with Gasteiger partial charge in [0.15, 0.2) is 15.6 Å². The van der Waals surface area contributed by atoms with Crippen molar-refractivity contribution in [3.05, 3.63) is 29.8 Å². The minimum absolute atomic E-state index is 0.0378. The van der Waals surface area contributed by atoms with E-state index >= 15 is 0 Å². The molecule has 1 aromatic carbocycles. The second kappa shape index (κ2) is 12.1. The number of hydrogen-bond acceptors (Lipinski definition) is 5. The molecule has 1 heterocycles. The number of amides is 1. The highest BCUT2D eigenvalue weighted by atomic mass is 32.2. The topological polar surface area (TPSA) is 80.8 Å². The highest BCUT2D eigenvalue weighted by Gasteiger charge is 2.34. The molecule has 0 saturated carbocycles. The summed E-state index contributed by atoms with van der Waals surface area (Å²) >= 11 is 0. The fourth-order valence-corrected chi connectivity index (χ4v) is 5.38. The van der Waals surface area contributed by atoms with Crippen LogP contribution in [-0.2, 0) is 14.6 Å². The van der Waals surface area contributed by atoms with E-state index < -0.39 is 9.84 Å². The van der Waals surface area contributed by atoms with Crippen molar-refractivity contribution >= 4 is 21.5 Å². The first-order valence-electron chi connectivity index (χ1n) is 11.1. The van der Waals surface area contributed by atoms with Gasteiger partial charge in [0, 0.05) is 31.0 Å². The van der Waals surface area contributed by atoms with Crippen molar-refractivity contribution in [2.45, 2.75) is 71.3 Å². The first kappa shape index (κ1) is 24.4. The molecule has 1 amide bonds. The van der Waals surface area contributed by atoms with Crippen LogP contribution in [0.4, 0.5) is 0 Å². The summed E-state index contributed by atoms with van der Waals surface area (Å²) < 4.78 is 29.3. The van der Waals surface area contributed by atoms with E-state index in [-0.39, 0.29) is 42.1 Å². The monoisotopic (exact) mass is 437 g/mol. The van der Waals surface area contributed by atoms with Gasteiger partial charge >= 0.3 is 0 Å². The number of nitrogens with zero attached hydrogens (tertiary/aromatic N) is 1. The predicted molar refractivity (Wildman–Crippen MR) is 119 cm³/mol. The Morgan fingerprint density at radius 2 is 1.73 bits per heavy atom. The third kappa shape index (κ3) is 7.74. The molecule has 1 aliphatic rings. The second-order valence-electron chi connectivity index (χ2n) is 8.00. The van der Waals surface area contributed by atoms with Gasteiger partial charge < -0.3 is 9.64 Å². The summed E-state index contributed by atoms with van der Waals surface area (Å²) in [5.41, 5.74) is 0.562. The van der Waals surface area contributed by atoms with Gasteiger partial charge in [-0.2, -0.15) is 0 Å². The molecule has 1 saturated heterocycles. The highest BCUT2D eigenvalue weighted by Crippen LogP contribution is 2.20. The zero-order valence-corrected chi connectivity index (χ0v) is 19.1. The van der Waals surface area contributed by atoms with Crippen LogP contribution in [0.2, 0.25) is 0 Å². The Morgan fingerprint density at radius 1 is 1.03 bits per heavy atom. The maximum Gasteiger partial charge on any atom is 0.223 e. The molecule has 6 nitrogen and oxygen atoms in total. The minimum Gasteiger partial charge on any atom is -0.494 e. The van der Waals surface area contributed by atoms with Crippen molar-refractivity contribution in [3.63, 3.8) is 0 Å². The Balaban J connectivity index is 1.87. The van der Waals surface area contributed by atoms with E-state index in [9.17, 15) is 18.0 Å². The predicted octanol–water partition coefficient (Wildman–Crippen LogP) is 4.03. The summed E-state index contributed by atoms with van der Waals surface area (Å²) in [5, 5.41) is 0. The first-order chi connectivity index (χ1) is 14.4. The molecule has 1 fully saturated rings. The third-order valence-corrected chi connectivity index (χ3v) is 7.23. The molecule has 0 aromatic heterocycles. The van der Waals surface area contributed by atoms with Gasteiger partial charge in [-0.3, -0.25) is 9.59 Å². The van der Waals surface area contributed by atoms with Gasteiger partial charge in [0.1, 0.15) is 5.75 Å². The summed E-state index contributed by atoms with van der Waals surface area (Å²) in [4.78, 5) is 27.0. The van der Waals surface area contributed by atoms with Gasteiger partial charge in [-0.05, 0) is 43.5 Å². The van der Waals surface area contributed by atoms with E-state index in [4.69, 9.17) is 4.74 Å². The molecular formula is C23H35NO5S. The van der Waals surface area contributed by atoms with E-state index in [0.717, 1.165) is 37.9 Å². The zero-order valence-electron chi connectivity index (χ0n) is 18.3. The maximum atomic E-state index is 12.8. The summed E-state index contributed by atoms with van der Waals surface area (Å²) in [6, 6.07) is 6.80. The van der Waals surface area contributed by atoms with Gasteiger partial charge in [-0.25, -0.2) is 8.42 Å². The van der Waals surface area contributed by atoms with Gasteiger partial charge in [0.2, 0.25) is 5.91 Å². The first-order valence-corrected chi connectivity index (χ1v) is 12.9. The van der Waals surface area contributed by atoms with Crippen LogP contribution in [0.3, 0.4) is 0 Å². The van der Waals surface area contributed by atoms with E-state index in [1.807, 2.05) is 6.92 Å². The van der Waals surface area contributed by atoms with Crippen LogP contribution >= 0.6 is 0 Å². The zero-order chi connectivity index (χ0) is 22.0. The quantitative estimate of drug-likeness (QED) is 0.344. The molecule has 7 heteroatoms. The Morgan fingerprint density at radius 3 is 2.33 bits per heavy atom. The van der Waals surface area contributed by atoms with Crippen LogP contribution < -0.4 is 4.74 Å². The molecule has 1 unspecified atom stereocenters. The number of carbonyl (C=O) groups excluding carboxylic acids is 2. The Bertz CT molecular complexity index is 788. The average Bonchev–Trinajstić information content (AvgIpc) is 3.09. The largest absolute Gasteiger partial charge is 0.494 e. The lowest BCUT2D eigenvalue weighted by atomic mass is 10.1. The van der Waals surface area contributed by atoms with Crippen molar-refractivity contribution in [2.75, 3.05) is 24.7 Å². The number of rotatable bonds is 13. The molecule has 0 spiro atoms. The summed E-state index contributed by atoms with van der Waals surface area (Å²) in [6.07, 6.45) is 5.76. The molecular weight excluding hydrogens is 402 g/mol. The van der Waals surface area contributed by atoms with Gasteiger partial charge in [0.05, 0.1) is 18.1 Å². The van der Waals surface area contributed by atoms with Gasteiger partial charge in [-0.15, -0.1) is 0 Å². The minimum atomic E-state index is -3.06. The van der Waals surface area contributed by atoms with Crippen LogP contribution in [0.15, 0.2) is 24.3 Å². The normalized spacial score (nSPS) is 17.6. The molecule has 0 N–H and O–H groups in total. The number of hydrogen-bond donors (Lipinski definition) is 0. The van der Waals surface area contributed by atoms with Crippen LogP contribution in [0.25, 0.3) is 0 Å². The number of Topliss-reactive ketones (excluding diaryl/α,β-unsaturated/α-hetero) is 1. The van der Waals surface area contributed by atoms with Crippen molar-refractivity contribution in [3.8, 4) is 5.75 Å². The van der Waals surface area contributed by atoms with Gasteiger partial charge in [0.25, 0.3) is 0 Å². The number of carbonyl (C=O) groups is 2. The van der Waals surface area contributed by atoms with Crippen LogP contribution in [-0.4, -0.2) is 55.7 Å². The van der Waals surface area contributed by atoms with Crippen molar-refractivity contribution in [1.82, 2.24) is 4.90 Å².